The van der Waals surface area contributed by atoms with Crippen molar-refractivity contribution in [3.63, 3.8) is 0 Å². The number of nitrogens with one attached hydrogen (secondary N) is 2. The van der Waals surface area contributed by atoms with E-state index in [1.54, 1.807) is 13.1 Å². The van der Waals surface area contributed by atoms with Gasteiger partial charge in [0.1, 0.15) is 18.2 Å². The molecule has 0 atom stereocenters. The predicted octanol–water partition coefficient (Wildman–Crippen LogP) is 2.56. The van der Waals surface area contributed by atoms with Crippen LogP contribution < -0.4 is 10.6 Å². The summed E-state index contributed by atoms with van der Waals surface area (Å²) in [5.74, 6) is 0.502. The summed E-state index contributed by atoms with van der Waals surface area (Å²) in [7, 11) is 1.71. The van der Waals surface area contributed by atoms with Crippen LogP contribution in [0.15, 0.2) is 46.1 Å². The molecule has 30 heavy (non-hydrogen) atoms. The number of hydrogen-bond acceptors (Lipinski definition) is 7. The summed E-state index contributed by atoms with van der Waals surface area (Å²) >= 11 is 0. The average molecular weight is 403 g/mol. The predicted molar refractivity (Wildman–Crippen MR) is 113 cm³/mol. The Morgan fingerprint density at radius 3 is 2.83 bits per heavy atom. The Morgan fingerprint density at radius 2 is 2.13 bits per heavy atom. The Hall–Kier alpha value is -3.93. The van der Waals surface area contributed by atoms with Crippen molar-refractivity contribution in [3.05, 3.63) is 52.9 Å². The molecule has 0 spiro atoms. The van der Waals surface area contributed by atoms with Gasteiger partial charge in [0.2, 0.25) is 5.71 Å². The van der Waals surface area contributed by atoms with Crippen molar-refractivity contribution in [2.24, 2.45) is 5.92 Å². The normalized spacial score (nSPS) is 14.5. The van der Waals surface area contributed by atoms with E-state index in [0.29, 0.717) is 35.8 Å². The number of aromatic nitrogens is 2. The van der Waals surface area contributed by atoms with E-state index in [1.807, 2.05) is 12.1 Å². The molecule has 0 unspecified atom stereocenters. The second-order valence-electron chi connectivity index (χ2n) is 7.23. The van der Waals surface area contributed by atoms with Crippen LogP contribution in [0.25, 0.3) is 16.8 Å². The van der Waals surface area contributed by atoms with Crippen molar-refractivity contribution in [2.45, 2.75) is 12.8 Å². The van der Waals surface area contributed by atoms with Crippen molar-refractivity contribution in [3.8, 4) is 17.2 Å². The average Bonchev–Trinajstić information content (AvgIpc) is 3.29. The lowest BCUT2D eigenvalue weighted by Gasteiger charge is -2.36. The fourth-order valence-corrected chi connectivity index (χ4v) is 3.97. The molecular weight excluding hydrogens is 382 g/mol. The topological polar surface area (TPSA) is 125 Å². The summed E-state index contributed by atoms with van der Waals surface area (Å²) in [6, 6.07) is 7.76. The van der Waals surface area contributed by atoms with E-state index in [9.17, 15) is 10.1 Å². The number of anilines is 1. The molecule has 2 aromatic heterocycles. The van der Waals surface area contributed by atoms with Crippen LogP contribution in [0.5, 0.6) is 0 Å². The maximum absolute atomic E-state index is 12.0. The molecule has 1 fully saturated rings. The standard InChI is InChI=1S/C21H21N7O2/c1-26(13-23)19(24)14-5-7-27(8-6-14)18-15(11-22)3-2-4-16(18)17-12-25-21(29)28-9-10-30-20(17)28/h2-4,9-10,12-14,23-24H,5-8H2,1H3. The number of nitriles is 1. The van der Waals surface area contributed by atoms with Crippen LogP contribution in [-0.2, 0) is 0 Å². The fraction of sp³-hybridized carbons (Fsp3) is 0.286. The second kappa shape index (κ2) is 7.83. The minimum absolute atomic E-state index is 0.0688. The van der Waals surface area contributed by atoms with Crippen molar-refractivity contribution >= 4 is 23.6 Å². The highest BCUT2D eigenvalue weighted by molar-refractivity contribution is 5.91. The minimum atomic E-state index is -0.421. The van der Waals surface area contributed by atoms with Gasteiger partial charge in [-0.15, -0.1) is 0 Å². The molecule has 1 saturated heterocycles. The van der Waals surface area contributed by atoms with Crippen LogP contribution in [0.1, 0.15) is 18.4 Å². The molecule has 0 saturated carbocycles. The van der Waals surface area contributed by atoms with Crippen LogP contribution in [0, 0.1) is 28.1 Å². The number of oxazole rings is 1. The van der Waals surface area contributed by atoms with E-state index < -0.39 is 5.69 Å². The van der Waals surface area contributed by atoms with E-state index >= 15 is 0 Å². The first-order chi connectivity index (χ1) is 14.5. The lowest BCUT2D eigenvalue weighted by Crippen LogP contribution is -2.41. The Morgan fingerprint density at radius 1 is 1.37 bits per heavy atom. The molecule has 1 aliphatic heterocycles. The highest BCUT2D eigenvalue weighted by Crippen LogP contribution is 2.37. The second-order valence-corrected chi connectivity index (χ2v) is 7.23. The van der Waals surface area contributed by atoms with Gasteiger partial charge in [-0.05, 0) is 18.9 Å². The van der Waals surface area contributed by atoms with Gasteiger partial charge in [-0.3, -0.25) is 10.8 Å². The summed E-state index contributed by atoms with van der Waals surface area (Å²) in [6.07, 6.45) is 7.10. The summed E-state index contributed by atoms with van der Waals surface area (Å²) < 4.78 is 6.90. The summed E-state index contributed by atoms with van der Waals surface area (Å²) in [4.78, 5) is 19.6. The maximum atomic E-state index is 12.0. The number of fused-ring (bicyclic) bond motifs is 1. The molecule has 0 radical (unpaired) electrons. The smallest absolute Gasteiger partial charge is 0.354 e. The number of nitrogens with zero attached hydrogens (tertiary/aromatic N) is 5. The van der Waals surface area contributed by atoms with Gasteiger partial charge in [-0.25, -0.2) is 14.2 Å². The molecule has 152 valence electrons. The number of benzene rings is 1. The molecule has 1 aromatic carbocycles. The van der Waals surface area contributed by atoms with Crippen molar-refractivity contribution in [1.29, 1.82) is 16.1 Å². The van der Waals surface area contributed by atoms with E-state index in [1.165, 1.54) is 28.0 Å². The van der Waals surface area contributed by atoms with Gasteiger partial charge >= 0.3 is 5.69 Å². The molecule has 0 aliphatic carbocycles. The van der Waals surface area contributed by atoms with Gasteiger partial charge < -0.3 is 14.2 Å². The van der Waals surface area contributed by atoms with Crippen LogP contribution >= 0.6 is 0 Å². The molecule has 0 amide bonds. The van der Waals surface area contributed by atoms with Crippen LogP contribution in [0.4, 0.5) is 5.69 Å². The van der Waals surface area contributed by atoms with Crippen LogP contribution in [0.2, 0.25) is 0 Å². The fourth-order valence-electron chi connectivity index (χ4n) is 3.97. The largest absolute Gasteiger partial charge is 0.446 e. The van der Waals surface area contributed by atoms with Crippen molar-refractivity contribution in [1.82, 2.24) is 14.3 Å². The minimum Gasteiger partial charge on any atom is -0.446 e. The van der Waals surface area contributed by atoms with Crippen LogP contribution in [0.3, 0.4) is 0 Å². The van der Waals surface area contributed by atoms with Gasteiger partial charge in [0.05, 0.1) is 29.3 Å². The molecule has 4 rings (SSSR count). The zero-order valence-electron chi connectivity index (χ0n) is 16.5. The third-order valence-corrected chi connectivity index (χ3v) is 5.57. The van der Waals surface area contributed by atoms with Crippen molar-refractivity contribution in [2.75, 3.05) is 25.0 Å². The Bertz CT molecular complexity index is 1210. The molecule has 3 aromatic rings. The first kappa shape index (κ1) is 19.4. The summed E-state index contributed by atoms with van der Waals surface area (Å²) in [5.41, 5.74) is 2.70. The third kappa shape index (κ3) is 3.22. The number of hydrogen-bond donors (Lipinski definition) is 2. The van der Waals surface area contributed by atoms with Crippen LogP contribution in [-0.4, -0.2) is 46.6 Å². The maximum Gasteiger partial charge on any atom is 0.354 e. The zero-order valence-corrected chi connectivity index (χ0v) is 16.5. The SMILES string of the molecule is CN(C=N)C(=N)C1CCN(c2c(C#N)cccc2-c2cnc(=O)n3ccoc23)CC1. The van der Waals surface area contributed by atoms with Crippen molar-refractivity contribution < 1.29 is 4.42 Å². The summed E-state index contributed by atoms with van der Waals surface area (Å²) in [5, 5.41) is 25.4. The molecule has 2 N–H and O–H groups in total. The Balaban J connectivity index is 1.73. The first-order valence-corrected chi connectivity index (χ1v) is 9.60. The number of amidine groups is 1. The van der Waals surface area contributed by atoms with E-state index in [2.05, 4.69) is 16.0 Å². The van der Waals surface area contributed by atoms with Gasteiger partial charge in [0.25, 0.3) is 0 Å². The van der Waals surface area contributed by atoms with Gasteiger partial charge in [0, 0.05) is 37.8 Å². The zero-order chi connectivity index (χ0) is 21.3. The molecule has 9 nitrogen and oxygen atoms in total. The lowest BCUT2D eigenvalue weighted by molar-refractivity contribution is 0.473. The number of piperidine rings is 1. The molecule has 1 aliphatic rings. The first-order valence-electron chi connectivity index (χ1n) is 9.60. The number of para-hydroxylation sites is 1. The lowest BCUT2D eigenvalue weighted by atomic mass is 9.92. The third-order valence-electron chi connectivity index (χ3n) is 5.57. The molecular formula is C21H21N7O2. The van der Waals surface area contributed by atoms with Gasteiger partial charge in [-0.1, -0.05) is 12.1 Å². The quantitative estimate of drug-likeness (QED) is 0.509. The number of rotatable bonds is 4. The van der Waals surface area contributed by atoms with Gasteiger partial charge in [0.15, 0.2) is 0 Å². The monoisotopic (exact) mass is 403 g/mol. The highest BCUT2D eigenvalue weighted by atomic mass is 16.3. The van der Waals surface area contributed by atoms with E-state index in [4.69, 9.17) is 15.2 Å². The van der Waals surface area contributed by atoms with Gasteiger partial charge in [-0.2, -0.15) is 5.26 Å². The summed E-state index contributed by atoms with van der Waals surface area (Å²) in [6.45, 7) is 1.35. The van der Waals surface area contributed by atoms with E-state index in [0.717, 1.165) is 30.4 Å². The Kier molecular flexibility index (Phi) is 5.06. The molecule has 9 heteroatoms. The highest BCUT2D eigenvalue weighted by Gasteiger charge is 2.27. The molecule has 0 bridgehead atoms. The molecule has 3 heterocycles. The Labute approximate surface area is 172 Å². The van der Waals surface area contributed by atoms with E-state index in [-0.39, 0.29) is 5.92 Å².